The number of hydrogen-bond acceptors (Lipinski definition) is 0. The second-order valence-electron chi connectivity index (χ2n) is 1.57. The van der Waals surface area contributed by atoms with Gasteiger partial charge in [-0.25, -0.2) is 0 Å². The Balaban J connectivity index is 3.17. The van der Waals surface area contributed by atoms with Crippen LogP contribution in [0, 0.1) is 0 Å². The van der Waals surface area contributed by atoms with Gasteiger partial charge in [0.25, 0.3) is 0 Å². The lowest BCUT2D eigenvalue weighted by atomic mass is 10.5. The quantitative estimate of drug-likeness (QED) is 0.297. The normalized spacial score (nSPS) is 12.0. The number of hydrogen-bond donors (Lipinski definition) is 0. The van der Waals surface area contributed by atoms with E-state index < -0.39 is 0 Å². The van der Waals surface area contributed by atoms with Crippen molar-refractivity contribution in [3.63, 3.8) is 0 Å². The molecule has 6 heavy (non-hydrogen) atoms. The standard InChI is InChI=1S/C3H6Cl2Si/c1-3(2,4)6-5/h1-2H3. The molecule has 0 aromatic heterocycles. The van der Waals surface area contributed by atoms with Crippen molar-refractivity contribution in [3.8, 4) is 0 Å². The summed E-state index contributed by atoms with van der Waals surface area (Å²) in [5.41, 5.74) is 0. The Morgan fingerprint density at radius 3 is 1.67 bits per heavy atom. The van der Waals surface area contributed by atoms with Gasteiger partial charge in [-0.2, -0.15) is 11.1 Å². The van der Waals surface area contributed by atoms with Crippen LogP contribution in [-0.4, -0.2) is 13.3 Å². The van der Waals surface area contributed by atoms with E-state index in [1.165, 1.54) is 0 Å². The fourth-order valence-electron chi connectivity index (χ4n) is 0. The second-order valence-corrected chi connectivity index (χ2v) is 4.83. The van der Waals surface area contributed by atoms with Crippen molar-refractivity contribution < 1.29 is 0 Å². The summed E-state index contributed by atoms with van der Waals surface area (Å²) in [4.78, 5) is 0. The van der Waals surface area contributed by atoms with Crippen LogP contribution in [0.2, 0.25) is 0 Å². The number of rotatable bonds is 1. The fourth-order valence-corrected chi connectivity index (χ4v) is 0. The van der Waals surface area contributed by atoms with E-state index in [0.717, 1.165) is 0 Å². The molecule has 0 saturated carbocycles. The molecule has 0 bridgehead atoms. The molecule has 0 fully saturated rings. The molecule has 0 aromatic rings. The molecule has 0 atom stereocenters. The van der Waals surface area contributed by atoms with Gasteiger partial charge in [-0.05, 0) is 13.8 Å². The highest BCUT2D eigenvalue weighted by atomic mass is 35.6. The summed E-state index contributed by atoms with van der Waals surface area (Å²) in [5, 5.41) is 0. The SMILES string of the molecule is CC(C)(Cl)[Si]Cl. The molecule has 0 nitrogen and oxygen atoms in total. The first-order valence-corrected chi connectivity index (χ1v) is 4.02. The first kappa shape index (κ1) is 6.80. The van der Waals surface area contributed by atoms with Crippen molar-refractivity contribution in [3.05, 3.63) is 0 Å². The van der Waals surface area contributed by atoms with E-state index in [1.54, 1.807) is 0 Å². The Bertz CT molecular complexity index is 38.5. The zero-order valence-electron chi connectivity index (χ0n) is 3.76. The lowest BCUT2D eigenvalue weighted by molar-refractivity contribution is 0.988. The van der Waals surface area contributed by atoms with Crippen LogP contribution in [-0.2, 0) is 0 Å². The van der Waals surface area contributed by atoms with Crippen LogP contribution in [0.4, 0.5) is 0 Å². The summed E-state index contributed by atoms with van der Waals surface area (Å²) < 4.78 is -0.193. The van der Waals surface area contributed by atoms with Crippen molar-refractivity contribution >= 4 is 31.5 Å². The van der Waals surface area contributed by atoms with Crippen LogP contribution in [0.1, 0.15) is 13.8 Å². The Kier molecular flexibility index (Phi) is 2.49. The molecule has 0 spiro atoms. The van der Waals surface area contributed by atoms with Crippen LogP contribution >= 0.6 is 22.7 Å². The van der Waals surface area contributed by atoms with E-state index in [0.29, 0.717) is 8.83 Å². The van der Waals surface area contributed by atoms with E-state index in [4.69, 9.17) is 22.7 Å². The van der Waals surface area contributed by atoms with Crippen molar-refractivity contribution in [2.45, 2.75) is 18.3 Å². The molecule has 3 heteroatoms. The van der Waals surface area contributed by atoms with E-state index in [9.17, 15) is 0 Å². The van der Waals surface area contributed by atoms with Gasteiger partial charge >= 0.3 is 0 Å². The Morgan fingerprint density at radius 1 is 1.50 bits per heavy atom. The minimum atomic E-state index is -0.193. The van der Waals surface area contributed by atoms with E-state index in [1.807, 2.05) is 13.8 Å². The molecule has 36 valence electrons. The minimum Gasteiger partial charge on any atom is -0.169 e. The van der Waals surface area contributed by atoms with Crippen LogP contribution in [0.15, 0.2) is 0 Å². The first-order valence-electron chi connectivity index (χ1n) is 1.63. The van der Waals surface area contributed by atoms with Crippen molar-refractivity contribution in [2.24, 2.45) is 0 Å². The maximum absolute atomic E-state index is 5.60. The molecule has 0 unspecified atom stereocenters. The second kappa shape index (κ2) is 2.19. The average Bonchev–Trinajstić information content (AvgIpc) is 1.35. The number of halogens is 2. The summed E-state index contributed by atoms with van der Waals surface area (Å²) in [5.74, 6) is 0. The first-order chi connectivity index (χ1) is 2.56. The third kappa shape index (κ3) is 4.80. The van der Waals surface area contributed by atoms with Crippen molar-refractivity contribution in [1.82, 2.24) is 0 Å². The van der Waals surface area contributed by atoms with Crippen molar-refractivity contribution in [2.75, 3.05) is 0 Å². The molecule has 0 rings (SSSR count). The van der Waals surface area contributed by atoms with E-state index in [2.05, 4.69) is 0 Å². The Labute approximate surface area is 50.4 Å². The fraction of sp³-hybridized carbons (Fsp3) is 1.00. The van der Waals surface area contributed by atoms with Gasteiger partial charge in [0.15, 0.2) is 8.83 Å². The molecule has 0 amide bonds. The maximum atomic E-state index is 5.60. The van der Waals surface area contributed by atoms with Crippen LogP contribution in [0.25, 0.3) is 0 Å². The third-order valence-electron chi connectivity index (χ3n) is 0.225. The van der Waals surface area contributed by atoms with Gasteiger partial charge in [0.05, 0.1) is 0 Å². The van der Waals surface area contributed by atoms with Crippen LogP contribution < -0.4 is 0 Å². The Hall–Kier alpha value is 0.797. The summed E-state index contributed by atoms with van der Waals surface area (Å²) in [6, 6.07) is 0. The van der Waals surface area contributed by atoms with Gasteiger partial charge in [0, 0.05) is 4.50 Å². The molecule has 2 radical (unpaired) electrons. The highest BCUT2D eigenvalue weighted by molar-refractivity contribution is 6.98. The van der Waals surface area contributed by atoms with Gasteiger partial charge in [-0.1, -0.05) is 0 Å². The molecule has 0 aliphatic carbocycles. The zero-order valence-corrected chi connectivity index (χ0v) is 6.27. The van der Waals surface area contributed by atoms with Gasteiger partial charge in [-0.3, -0.25) is 0 Å². The molecule has 0 aliphatic rings. The average molecular weight is 141 g/mol. The predicted molar refractivity (Wildman–Crippen MR) is 31.5 cm³/mol. The molecule has 0 aromatic carbocycles. The van der Waals surface area contributed by atoms with Gasteiger partial charge in [0.2, 0.25) is 0 Å². The monoisotopic (exact) mass is 140 g/mol. The topological polar surface area (TPSA) is 0 Å². The van der Waals surface area contributed by atoms with Crippen LogP contribution in [0.5, 0.6) is 0 Å². The predicted octanol–water partition coefficient (Wildman–Crippen LogP) is 1.82. The highest BCUT2D eigenvalue weighted by Crippen LogP contribution is 2.10. The van der Waals surface area contributed by atoms with Gasteiger partial charge < -0.3 is 0 Å². The Morgan fingerprint density at radius 2 is 1.67 bits per heavy atom. The molecular formula is C3H6Cl2Si. The smallest absolute Gasteiger partial charge is 0.169 e. The summed E-state index contributed by atoms with van der Waals surface area (Å²) in [6.45, 7) is 3.78. The molecule has 0 N–H and O–H groups in total. The van der Waals surface area contributed by atoms with Crippen LogP contribution in [0.3, 0.4) is 0 Å². The van der Waals surface area contributed by atoms with Gasteiger partial charge in [-0.15, -0.1) is 11.6 Å². The van der Waals surface area contributed by atoms with Gasteiger partial charge in [0.1, 0.15) is 0 Å². The highest BCUT2D eigenvalue weighted by Gasteiger charge is 2.11. The lowest BCUT2D eigenvalue weighted by Crippen LogP contribution is -2.14. The lowest BCUT2D eigenvalue weighted by Gasteiger charge is -2.05. The molecule has 0 saturated heterocycles. The zero-order chi connectivity index (χ0) is 5.21. The molecular weight excluding hydrogens is 135 g/mol. The molecule has 0 heterocycles. The maximum Gasteiger partial charge on any atom is 0.195 e. The summed E-state index contributed by atoms with van der Waals surface area (Å²) in [6.07, 6.45) is 0. The van der Waals surface area contributed by atoms with E-state index >= 15 is 0 Å². The minimum absolute atomic E-state index is 0.193. The summed E-state index contributed by atoms with van der Waals surface area (Å²) in [7, 11) is 0.305. The largest absolute Gasteiger partial charge is 0.195 e. The summed E-state index contributed by atoms with van der Waals surface area (Å²) >= 11 is 11.0. The van der Waals surface area contributed by atoms with E-state index in [-0.39, 0.29) is 4.50 Å². The number of alkyl halides is 1. The van der Waals surface area contributed by atoms with Crippen molar-refractivity contribution in [1.29, 1.82) is 0 Å². The molecule has 0 aliphatic heterocycles. The third-order valence-corrected chi connectivity index (χ3v) is 2.67.